The number of imide groups is 1. The lowest BCUT2D eigenvalue weighted by Gasteiger charge is -2.35. The van der Waals surface area contributed by atoms with E-state index in [9.17, 15) is 23.6 Å². The quantitative estimate of drug-likeness (QED) is 0.714. The second-order valence-corrected chi connectivity index (χ2v) is 8.16. The summed E-state index contributed by atoms with van der Waals surface area (Å²) in [4.78, 5) is 52.7. The molecular formula is C23H23FN4O4. The Kier molecular flexibility index (Phi) is 5.41. The van der Waals surface area contributed by atoms with Crippen molar-refractivity contribution in [3.63, 3.8) is 0 Å². The van der Waals surface area contributed by atoms with Gasteiger partial charge in [-0.3, -0.25) is 19.7 Å². The third-order valence-corrected chi connectivity index (χ3v) is 6.00. The normalized spacial score (nSPS) is 20.7. The Bertz CT molecular complexity index is 1130. The lowest BCUT2D eigenvalue weighted by Crippen LogP contribution is -2.50. The molecule has 2 aliphatic rings. The van der Waals surface area contributed by atoms with E-state index >= 15 is 0 Å². The summed E-state index contributed by atoms with van der Waals surface area (Å²) in [5, 5.41) is 4.80. The van der Waals surface area contributed by atoms with Crippen molar-refractivity contribution in [2.75, 3.05) is 26.2 Å². The van der Waals surface area contributed by atoms with Crippen LogP contribution in [0.4, 0.5) is 9.18 Å². The van der Waals surface area contributed by atoms with E-state index in [2.05, 4.69) is 10.6 Å². The molecule has 2 fully saturated rings. The van der Waals surface area contributed by atoms with E-state index in [0.29, 0.717) is 42.9 Å². The minimum atomic E-state index is -1.25. The van der Waals surface area contributed by atoms with Crippen LogP contribution in [0.1, 0.15) is 38.8 Å². The van der Waals surface area contributed by atoms with Gasteiger partial charge in [-0.15, -0.1) is 0 Å². The molecule has 0 spiro atoms. The van der Waals surface area contributed by atoms with E-state index in [-0.39, 0.29) is 17.4 Å². The van der Waals surface area contributed by atoms with Crippen LogP contribution in [0.5, 0.6) is 0 Å². The van der Waals surface area contributed by atoms with Crippen LogP contribution >= 0.6 is 0 Å². The number of hydrogen-bond acceptors (Lipinski definition) is 4. The van der Waals surface area contributed by atoms with Gasteiger partial charge in [-0.05, 0) is 49.2 Å². The number of hydrogen-bond donors (Lipinski definition) is 2. The average molecular weight is 438 g/mol. The first-order valence-corrected chi connectivity index (χ1v) is 10.3. The fourth-order valence-corrected chi connectivity index (χ4v) is 3.91. The van der Waals surface area contributed by atoms with E-state index in [1.54, 1.807) is 60.0 Å². The third-order valence-electron chi connectivity index (χ3n) is 6.00. The number of aryl methyl sites for hydroxylation is 1. The number of rotatable bonds is 3. The molecule has 1 atom stereocenters. The van der Waals surface area contributed by atoms with Gasteiger partial charge in [-0.25, -0.2) is 9.18 Å². The minimum Gasteiger partial charge on any atom is -0.335 e. The Morgan fingerprint density at radius 2 is 1.53 bits per heavy atom. The van der Waals surface area contributed by atoms with Gasteiger partial charge < -0.3 is 15.1 Å². The average Bonchev–Trinajstić information content (AvgIpc) is 3.07. The van der Waals surface area contributed by atoms with Crippen LogP contribution in [0.15, 0.2) is 42.5 Å². The van der Waals surface area contributed by atoms with Crippen LogP contribution in [0.2, 0.25) is 0 Å². The molecule has 2 N–H and O–H groups in total. The second kappa shape index (κ2) is 8.07. The van der Waals surface area contributed by atoms with Crippen molar-refractivity contribution in [1.29, 1.82) is 0 Å². The summed E-state index contributed by atoms with van der Waals surface area (Å²) in [6, 6.07) is 10.4. The largest absolute Gasteiger partial charge is 0.335 e. The first kappa shape index (κ1) is 21.5. The minimum absolute atomic E-state index is 0.228. The number of amides is 5. The smallest absolute Gasteiger partial charge is 0.322 e. The molecule has 0 saturated carbocycles. The summed E-state index contributed by atoms with van der Waals surface area (Å²) in [5.74, 6) is -1.40. The molecule has 0 aliphatic carbocycles. The highest BCUT2D eigenvalue weighted by Crippen LogP contribution is 2.25. The number of nitrogens with one attached hydrogen (secondary N) is 2. The molecule has 2 saturated heterocycles. The second-order valence-electron chi connectivity index (χ2n) is 8.16. The van der Waals surface area contributed by atoms with Crippen molar-refractivity contribution in [2.24, 2.45) is 0 Å². The Morgan fingerprint density at radius 3 is 2.06 bits per heavy atom. The first-order chi connectivity index (χ1) is 15.2. The van der Waals surface area contributed by atoms with Crippen LogP contribution in [0.25, 0.3) is 0 Å². The van der Waals surface area contributed by atoms with Gasteiger partial charge in [0, 0.05) is 37.3 Å². The van der Waals surface area contributed by atoms with Crippen LogP contribution in [-0.2, 0) is 10.3 Å². The van der Waals surface area contributed by atoms with E-state index in [4.69, 9.17) is 0 Å². The highest BCUT2D eigenvalue weighted by molar-refractivity contribution is 6.07. The van der Waals surface area contributed by atoms with Gasteiger partial charge >= 0.3 is 6.03 Å². The van der Waals surface area contributed by atoms with Gasteiger partial charge in [0.05, 0.1) is 0 Å². The van der Waals surface area contributed by atoms with Crippen LogP contribution in [0.3, 0.4) is 0 Å². The molecule has 8 nitrogen and oxygen atoms in total. The highest BCUT2D eigenvalue weighted by Gasteiger charge is 2.43. The molecule has 1 unspecified atom stereocenters. The zero-order valence-corrected chi connectivity index (χ0v) is 17.8. The van der Waals surface area contributed by atoms with Crippen molar-refractivity contribution in [3.8, 4) is 0 Å². The summed E-state index contributed by atoms with van der Waals surface area (Å²) in [6.07, 6.45) is 0. The number of halogens is 1. The van der Waals surface area contributed by atoms with Gasteiger partial charge in [-0.2, -0.15) is 0 Å². The molecule has 9 heteroatoms. The summed E-state index contributed by atoms with van der Waals surface area (Å²) in [5.41, 5.74) is 0.398. The number of urea groups is 1. The van der Waals surface area contributed by atoms with Gasteiger partial charge in [0.25, 0.3) is 17.7 Å². The lowest BCUT2D eigenvalue weighted by molar-refractivity contribution is -0.123. The van der Waals surface area contributed by atoms with E-state index < -0.39 is 23.3 Å². The van der Waals surface area contributed by atoms with Gasteiger partial charge in [-0.1, -0.05) is 18.2 Å². The molecule has 32 heavy (non-hydrogen) atoms. The Hall–Kier alpha value is -3.75. The SMILES string of the molecule is Cc1ccc(C(=O)N2CCN(C(=O)c3cccc(C4(C)NC(=O)NC4=O)c3)CC2)cc1F. The topological polar surface area (TPSA) is 98.8 Å². The predicted molar refractivity (Wildman–Crippen MR) is 113 cm³/mol. The third kappa shape index (κ3) is 3.81. The first-order valence-electron chi connectivity index (χ1n) is 10.3. The van der Waals surface area contributed by atoms with E-state index in [1.807, 2.05) is 0 Å². The van der Waals surface area contributed by atoms with Crippen LogP contribution < -0.4 is 10.6 Å². The van der Waals surface area contributed by atoms with Gasteiger partial charge in [0.1, 0.15) is 11.4 Å². The number of piperazine rings is 1. The summed E-state index contributed by atoms with van der Waals surface area (Å²) < 4.78 is 13.8. The standard InChI is InChI=1S/C23H23FN4O4/c1-14-6-7-16(13-18(14)24)20(30)28-10-8-27(9-11-28)19(29)15-4-3-5-17(12-15)23(2)21(31)25-22(32)26-23/h3-7,12-13H,8-11H2,1-2H3,(H2,25,26,31,32). The van der Waals surface area contributed by atoms with Crippen molar-refractivity contribution in [1.82, 2.24) is 20.4 Å². The number of benzene rings is 2. The molecule has 2 aromatic rings. The molecule has 0 bridgehead atoms. The Labute approximate surface area is 184 Å². The zero-order valence-electron chi connectivity index (χ0n) is 17.8. The van der Waals surface area contributed by atoms with Crippen LogP contribution in [-0.4, -0.2) is 59.7 Å². The van der Waals surface area contributed by atoms with Crippen molar-refractivity contribution in [3.05, 3.63) is 70.5 Å². The molecule has 2 aromatic carbocycles. The molecular weight excluding hydrogens is 415 g/mol. The molecule has 0 radical (unpaired) electrons. The molecule has 2 heterocycles. The van der Waals surface area contributed by atoms with Crippen molar-refractivity contribution >= 4 is 23.8 Å². The summed E-state index contributed by atoms with van der Waals surface area (Å²) in [7, 11) is 0. The Balaban J connectivity index is 1.44. The molecule has 166 valence electrons. The number of carbonyl (C=O) groups is 4. The lowest BCUT2D eigenvalue weighted by atomic mass is 9.91. The molecule has 2 aliphatic heterocycles. The predicted octanol–water partition coefficient (Wildman–Crippen LogP) is 1.79. The fraction of sp³-hybridized carbons (Fsp3) is 0.304. The monoisotopic (exact) mass is 438 g/mol. The van der Waals surface area contributed by atoms with Gasteiger partial charge in [0.2, 0.25) is 0 Å². The molecule has 5 amide bonds. The maximum atomic E-state index is 13.8. The van der Waals surface area contributed by atoms with Crippen molar-refractivity contribution < 1.29 is 23.6 Å². The summed E-state index contributed by atoms with van der Waals surface area (Å²) in [6.45, 7) is 4.53. The zero-order chi connectivity index (χ0) is 23.0. The number of nitrogens with zero attached hydrogens (tertiary/aromatic N) is 2. The van der Waals surface area contributed by atoms with E-state index in [0.717, 1.165) is 0 Å². The maximum absolute atomic E-state index is 13.8. The van der Waals surface area contributed by atoms with E-state index in [1.165, 1.54) is 6.07 Å². The fourth-order valence-electron chi connectivity index (χ4n) is 3.91. The Morgan fingerprint density at radius 1 is 0.938 bits per heavy atom. The van der Waals surface area contributed by atoms with Crippen molar-refractivity contribution in [2.45, 2.75) is 19.4 Å². The van der Waals surface area contributed by atoms with Crippen LogP contribution in [0, 0.1) is 12.7 Å². The highest BCUT2D eigenvalue weighted by atomic mass is 19.1. The maximum Gasteiger partial charge on any atom is 0.322 e. The number of carbonyl (C=O) groups excluding carboxylic acids is 4. The molecule has 4 rings (SSSR count). The molecule has 0 aromatic heterocycles. The van der Waals surface area contributed by atoms with Gasteiger partial charge in [0.15, 0.2) is 0 Å². The summed E-state index contributed by atoms with van der Waals surface area (Å²) >= 11 is 0.